The van der Waals surface area contributed by atoms with Gasteiger partial charge in [0.05, 0.1) is 22.8 Å². The molecule has 6 nitrogen and oxygen atoms in total. The molecule has 0 aliphatic rings. The predicted octanol–water partition coefficient (Wildman–Crippen LogP) is 3.62. The number of esters is 1. The van der Waals surface area contributed by atoms with E-state index in [-0.39, 0.29) is 12.5 Å². The van der Waals surface area contributed by atoms with Crippen LogP contribution in [0.1, 0.15) is 45.0 Å². The molecule has 2 rings (SSSR count). The van der Waals surface area contributed by atoms with E-state index in [9.17, 15) is 9.59 Å². The van der Waals surface area contributed by atoms with Gasteiger partial charge in [-0.1, -0.05) is 17.7 Å². The number of hydrazone groups is 1. The Morgan fingerprint density at radius 3 is 2.76 bits per heavy atom. The predicted molar refractivity (Wildman–Crippen MR) is 101 cm³/mol. The van der Waals surface area contributed by atoms with Crippen LogP contribution in [0.15, 0.2) is 29.4 Å². The lowest BCUT2D eigenvalue weighted by atomic mass is 10.1. The van der Waals surface area contributed by atoms with Gasteiger partial charge in [-0.05, 0) is 44.5 Å². The van der Waals surface area contributed by atoms with Gasteiger partial charge in [-0.15, -0.1) is 11.3 Å². The van der Waals surface area contributed by atoms with Crippen molar-refractivity contribution in [3.63, 3.8) is 0 Å². The van der Waals surface area contributed by atoms with E-state index in [1.54, 1.807) is 45.0 Å². The molecule has 0 spiro atoms. The maximum Gasteiger partial charge on any atom is 0.341 e. The minimum Gasteiger partial charge on any atom is -0.462 e. The van der Waals surface area contributed by atoms with Crippen molar-refractivity contribution in [1.29, 1.82) is 0 Å². The van der Waals surface area contributed by atoms with E-state index in [2.05, 4.69) is 10.5 Å². The summed E-state index contributed by atoms with van der Waals surface area (Å²) in [7, 11) is 0. The molecule has 25 heavy (non-hydrogen) atoms. The number of amides is 1. The SMILES string of the molecule is CCOC(=O)c1c(N)sc(/C(C)=N/NC(=O)c2cccc(Cl)c2)c1C. The van der Waals surface area contributed by atoms with Crippen LogP contribution in [-0.2, 0) is 4.74 Å². The molecular weight excluding hydrogens is 362 g/mol. The summed E-state index contributed by atoms with van der Waals surface area (Å²) in [6.07, 6.45) is 0. The molecule has 1 amide bonds. The van der Waals surface area contributed by atoms with Gasteiger partial charge in [-0.2, -0.15) is 5.10 Å². The molecule has 0 atom stereocenters. The highest BCUT2D eigenvalue weighted by molar-refractivity contribution is 7.18. The van der Waals surface area contributed by atoms with Crippen molar-refractivity contribution in [1.82, 2.24) is 5.43 Å². The lowest BCUT2D eigenvalue weighted by molar-refractivity contribution is 0.0527. The average molecular weight is 380 g/mol. The molecule has 1 aromatic heterocycles. The number of hydrogen-bond acceptors (Lipinski definition) is 6. The van der Waals surface area contributed by atoms with Crippen LogP contribution in [0.2, 0.25) is 5.02 Å². The maximum atomic E-state index is 12.1. The van der Waals surface area contributed by atoms with E-state index in [0.717, 1.165) is 0 Å². The first-order valence-electron chi connectivity index (χ1n) is 7.51. The summed E-state index contributed by atoms with van der Waals surface area (Å²) < 4.78 is 5.02. The molecule has 0 aliphatic heterocycles. The molecule has 0 fully saturated rings. The molecule has 0 radical (unpaired) electrons. The highest BCUT2D eigenvalue weighted by atomic mass is 35.5. The fraction of sp³-hybridized carbons (Fsp3) is 0.235. The van der Waals surface area contributed by atoms with Crippen molar-refractivity contribution < 1.29 is 14.3 Å². The number of benzene rings is 1. The first-order chi connectivity index (χ1) is 11.8. The van der Waals surface area contributed by atoms with Crippen LogP contribution >= 0.6 is 22.9 Å². The van der Waals surface area contributed by atoms with Crippen molar-refractivity contribution in [2.75, 3.05) is 12.3 Å². The number of thiophene rings is 1. The molecule has 132 valence electrons. The number of nitrogen functional groups attached to an aromatic ring is 1. The van der Waals surface area contributed by atoms with E-state index >= 15 is 0 Å². The highest BCUT2D eigenvalue weighted by Crippen LogP contribution is 2.31. The minimum atomic E-state index is -0.462. The Morgan fingerprint density at radius 1 is 1.40 bits per heavy atom. The summed E-state index contributed by atoms with van der Waals surface area (Å²) in [6, 6.07) is 6.55. The number of nitrogens with two attached hydrogens (primary N) is 1. The van der Waals surface area contributed by atoms with Gasteiger partial charge in [-0.3, -0.25) is 4.79 Å². The number of hydrogen-bond donors (Lipinski definition) is 2. The smallest absolute Gasteiger partial charge is 0.341 e. The Hall–Kier alpha value is -2.38. The Morgan fingerprint density at radius 2 is 2.12 bits per heavy atom. The van der Waals surface area contributed by atoms with Crippen LogP contribution in [0.5, 0.6) is 0 Å². The zero-order valence-electron chi connectivity index (χ0n) is 14.1. The van der Waals surface area contributed by atoms with Gasteiger partial charge in [-0.25, -0.2) is 10.2 Å². The zero-order valence-corrected chi connectivity index (χ0v) is 15.6. The van der Waals surface area contributed by atoms with Crippen LogP contribution in [0.25, 0.3) is 0 Å². The second kappa shape index (κ2) is 8.13. The van der Waals surface area contributed by atoms with Crippen LogP contribution in [0, 0.1) is 6.92 Å². The second-order valence-electron chi connectivity index (χ2n) is 5.16. The number of carbonyl (C=O) groups is 2. The molecule has 0 saturated heterocycles. The van der Waals surface area contributed by atoms with Gasteiger partial charge in [0.15, 0.2) is 0 Å². The third kappa shape index (κ3) is 4.37. The number of nitrogens with one attached hydrogen (secondary N) is 1. The number of ether oxygens (including phenoxy) is 1. The summed E-state index contributed by atoms with van der Waals surface area (Å²) in [5.41, 5.74) is 10.4. The molecule has 1 aromatic carbocycles. The van der Waals surface area contributed by atoms with Crippen molar-refractivity contribution in [3.8, 4) is 0 Å². The zero-order chi connectivity index (χ0) is 18.6. The number of nitrogens with zero attached hydrogens (tertiary/aromatic N) is 1. The minimum absolute atomic E-state index is 0.270. The van der Waals surface area contributed by atoms with E-state index in [1.807, 2.05) is 0 Å². The fourth-order valence-corrected chi connectivity index (χ4v) is 3.41. The Kier molecular flexibility index (Phi) is 6.17. The summed E-state index contributed by atoms with van der Waals surface area (Å²) in [5, 5.41) is 4.93. The summed E-state index contributed by atoms with van der Waals surface area (Å²) in [6.45, 7) is 5.50. The van der Waals surface area contributed by atoms with E-state index in [0.29, 0.717) is 37.3 Å². The normalized spacial score (nSPS) is 11.3. The van der Waals surface area contributed by atoms with E-state index in [1.165, 1.54) is 11.3 Å². The molecular formula is C17H18ClN3O3S. The summed E-state index contributed by atoms with van der Waals surface area (Å²) in [5.74, 6) is -0.842. The molecule has 3 N–H and O–H groups in total. The third-order valence-electron chi connectivity index (χ3n) is 3.39. The highest BCUT2D eigenvalue weighted by Gasteiger charge is 2.21. The topological polar surface area (TPSA) is 93.8 Å². The molecule has 0 saturated carbocycles. The Labute approximate surface area is 154 Å². The van der Waals surface area contributed by atoms with Gasteiger partial charge in [0.1, 0.15) is 5.00 Å². The molecule has 1 heterocycles. The number of rotatable bonds is 5. The number of carbonyl (C=O) groups excluding carboxylic acids is 2. The van der Waals surface area contributed by atoms with Crippen molar-refractivity contribution in [3.05, 3.63) is 50.9 Å². The number of halogens is 1. The van der Waals surface area contributed by atoms with E-state index < -0.39 is 5.97 Å². The first-order valence-corrected chi connectivity index (χ1v) is 8.71. The average Bonchev–Trinajstić information content (AvgIpc) is 2.87. The lowest BCUT2D eigenvalue weighted by Crippen LogP contribution is -2.19. The van der Waals surface area contributed by atoms with Gasteiger partial charge in [0, 0.05) is 10.6 Å². The molecule has 0 aliphatic carbocycles. The maximum absolute atomic E-state index is 12.1. The standard InChI is InChI=1S/C17H18ClN3O3S/c1-4-24-17(23)13-9(2)14(25-15(13)19)10(3)20-21-16(22)11-6-5-7-12(18)8-11/h5-8H,4,19H2,1-3H3,(H,21,22)/b20-10+. The monoisotopic (exact) mass is 379 g/mol. The van der Waals surface area contributed by atoms with Crippen LogP contribution in [0.4, 0.5) is 5.00 Å². The summed E-state index contributed by atoms with van der Waals surface area (Å²) in [4.78, 5) is 24.8. The van der Waals surface area contributed by atoms with Gasteiger partial charge >= 0.3 is 5.97 Å². The van der Waals surface area contributed by atoms with Crippen LogP contribution in [-0.4, -0.2) is 24.2 Å². The second-order valence-corrected chi connectivity index (χ2v) is 6.65. The van der Waals surface area contributed by atoms with Crippen molar-refractivity contribution >= 4 is 45.5 Å². The third-order valence-corrected chi connectivity index (χ3v) is 4.86. The van der Waals surface area contributed by atoms with Crippen LogP contribution in [0.3, 0.4) is 0 Å². The Bertz CT molecular complexity index is 846. The van der Waals surface area contributed by atoms with Crippen molar-refractivity contribution in [2.24, 2.45) is 5.10 Å². The lowest BCUT2D eigenvalue weighted by Gasteiger charge is -2.04. The van der Waals surface area contributed by atoms with Crippen molar-refractivity contribution in [2.45, 2.75) is 20.8 Å². The molecule has 2 aromatic rings. The fourth-order valence-electron chi connectivity index (χ4n) is 2.22. The first kappa shape index (κ1) is 19.0. The van der Waals surface area contributed by atoms with Crippen LogP contribution < -0.4 is 11.2 Å². The Balaban J connectivity index is 2.21. The summed E-state index contributed by atoms with van der Waals surface area (Å²) >= 11 is 7.10. The van der Waals surface area contributed by atoms with Gasteiger partial charge in [0.2, 0.25) is 0 Å². The largest absolute Gasteiger partial charge is 0.462 e. The van der Waals surface area contributed by atoms with E-state index in [4.69, 9.17) is 22.1 Å². The number of anilines is 1. The molecule has 0 unspecified atom stereocenters. The quantitative estimate of drug-likeness (QED) is 0.471. The van der Waals surface area contributed by atoms with Gasteiger partial charge in [0.25, 0.3) is 5.91 Å². The molecule has 8 heteroatoms. The van der Waals surface area contributed by atoms with Gasteiger partial charge < -0.3 is 10.5 Å². The molecule has 0 bridgehead atoms.